The first-order valence-electron chi connectivity index (χ1n) is 14.5. The van der Waals surface area contributed by atoms with Gasteiger partial charge in [-0.25, -0.2) is 13.8 Å². The fourth-order valence-electron chi connectivity index (χ4n) is 5.75. The van der Waals surface area contributed by atoms with E-state index in [4.69, 9.17) is 4.98 Å². The quantitative estimate of drug-likeness (QED) is 0.290. The molecule has 2 fully saturated rings. The lowest BCUT2D eigenvalue weighted by Crippen LogP contribution is -2.45. The Morgan fingerprint density at radius 2 is 1.81 bits per heavy atom. The van der Waals surface area contributed by atoms with Gasteiger partial charge in [0.15, 0.2) is 28.6 Å². The molecule has 2 aromatic carbocycles. The van der Waals surface area contributed by atoms with Crippen LogP contribution in [-0.4, -0.2) is 81.5 Å². The van der Waals surface area contributed by atoms with Crippen LogP contribution in [0.5, 0.6) is 0 Å². The van der Waals surface area contributed by atoms with E-state index in [2.05, 4.69) is 32.1 Å². The molecule has 10 nitrogen and oxygen atoms in total. The number of carbonyl (C=O) groups excluding carboxylic acids is 1. The van der Waals surface area contributed by atoms with Crippen molar-refractivity contribution in [1.82, 2.24) is 29.3 Å². The maximum Gasteiger partial charge on any atom is 0.246 e. The number of anilines is 4. The molecule has 43 heavy (non-hydrogen) atoms. The number of likely N-dealkylation sites (N-methyl/N-ethyl adjacent to an activating group) is 1. The zero-order chi connectivity index (χ0) is 29.9. The van der Waals surface area contributed by atoms with Gasteiger partial charge in [0.05, 0.1) is 12.4 Å². The molecule has 2 aliphatic heterocycles. The van der Waals surface area contributed by atoms with Crippen LogP contribution < -0.4 is 15.5 Å². The molecular weight excluding hydrogens is 552 g/mol. The molecule has 12 heteroatoms. The Kier molecular flexibility index (Phi) is 8.19. The number of aromatic nitrogens is 4. The molecule has 2 N–H and O–H groups in total. The molecule has 4 aromatic rings. The van der Waals surface area contributed by atoms with Crippen LogP contribution in [0.4, 0.5) is 31.9 Å². The number of nitrogens with one attached hydrogen (secondary N) is 2. The molecule has 0 aliphatic carbocycles. The van der Waals surface area contributed by atoms with Crippen molar-refractivity contribution < 1.29 is 13.6 Å². The second-order valence-electron chi connectivity index (χ2n) is 11.0. The molecule has 0 saturated carbocycles. The van der Waals surface area contributed by atoms with E-state index in [0.29, 0.717) is 49.7 Å². The maximum absolute atomic E-state index is 15.3. The van der Waals surface area contributed by atoms with Crippen LogP contribution in [0.2, 0.25) is 0 Å². The molecule has 4 heterocycles. The van der Waals surface area contributed by atoms with Crippen molar-refractivity contribution in [3.63, 3.8) is 0 Å². The number of amides is 1. The van der Waals surface area contributed by atoms with Crippen molar-refractivity contribution >= 4 is 40.2 Å². The minimum atomic E-state index is -0.644. The number of piperazine rings is 1. The summed E-state index contributed by atoms with van der Waals surface area (Å²) in [5.74, 6) is -0.740. The topological polar surface area (TPSA) is 94.4 Å². The summed E-state index contributed by atoms with van der Waals surface area (Å²) in [7, 11) is 1.99. The van der Waals surface area contributed by atoms with Crippen molar-refractivity contribution in [2.75, 3.05) is 61.8 Å². The first-order chi connectivity index (χ1) is 20.9. The van der Waals surface area contributed by atoms with E-state index >= 15 is 8.78 Å². The Bertz CT molecular complexity index is 1600. The van der Waals surface area contributed by atoms with E-state index < -0.39 is 11.6 Å². The number of fused-ring (bicyclic) bond motifs is 1. The lowest BCUT2D eigenvalue weighted by molar-refractivity contribution is -0.127. The van der Waals surface area contributed by atoms with Crippen molar-refractivity contribution in [2.24, 2.45) is 0 Å². The van der Waals surface area contributed by atoms with Gasteiger partial charge in [0.2, 0.25) is 11.9 Å². The number of nitrogens with zero attached hydrogens (tertiary/aromatic N) is 7. The lowest BCUT2D eigenvalue weighted by Gasteiger charge is -2.34. The van der Waals surface area contributed by atoms with E-state index in [9.17, 15) is 4.79 Å². The van der Waals surface area contributed by atoms with Crippen LogP contribution in [0.25, 0.3) is 11.2 Å². The number of carbonyl (C=O) groups is 1. The van der Waals surface area contributed by atoms with Crippen LogP contribution in [0.1, 0.15) is 24.4 Å². The molecular formula is C31H35F2N9O. The van der Waals surface area contributed by atoms with E-state index in [0.717, 1.165) is 31.5 Å². The van der Waals surface area contributed by atoms with Crippen LogP contribution in [0.15, 0.2) is 61.4 Å². The van der Waals surface area contributed by atoms with E-state index in [1.807, 2.05) is 41.9 Å². The second kappa shape index (κ2) is 12.3. The van der Waals surface area contributed by atoms with Crippen LogP contribution in [-0.2, 0) is 11.3 Å². The standard InChI is InChI=1S/C31H35F2N9O/c1-3-26(43)41-11-7-10-23(19-41)42-20-35-27-29(34-18-21-8-5-4-6-9-21)37-31(38-30(27)42)36-22-16-24(32)28(25(33)17-22)40-14-12-39(2)13-15-40/h3-6,8-9,16-17,20,23H,1,7,10-15,18-19H2,2H3,(H2,34,36,37,38)/t23-/m0/s1. The van der Waals surface area contributed by atoms with Crippen molar-refractivity contribution in [3.05, 3.63) is 78.6 Å². The third-order valence-corrected chi connectivity index (χ3v) is 8.09. The largest absolute Gasteiger partial charge is 0.364 e. The Hall–Kier alpha value is -4.58. The second-order valence-corrected chi connectivity index (χ2v) is 11.0. The average Bonchev–Trinajstić information content (AvgIpc) is 3.45. The molecule has 0 radical (unpaired) electrons. The Balaban J connectivity index is 1.33. The number of rotatable bonds is 8. The molecule has 1 amide bonds. The molecule has 1 atom stereocenters. The summed E-state index contributed by atoms with van der Waals surface area (Å²) in [6.45, 7) is 7.86. The average molecular weight is 588 g/mol. The maximum atomic E-state index is 15.3. The fourth-order valence-corrected chi connectivity index (χ4v) is 5.75. The predicted octanol–water partition coefficient (Wildman–Crippen LogP) is 4.56. The van der Waals surface area contributed by atoms with Crippen LogP contribution in [0, 0.1) is 11.6 Å². The smallest absolute Gasteiger partial charge is 0.246 e. The lowest BCUT2D eigenvalue weighted by atomic mass is 10.1. The van der Waals surface area contributed by atoms with Gasteiger partial charge in [0, 0.05) is 51.5 Å². The summed E-state index contributed by atoms with van der Waals surface area (Å²) in [5, 5.41) is 6.38. The van der Waals surface area contributed by atoms with Gasteiger partial charge >= 0.3 is 0 Å². The minimum absolute atomic E-state index is 0.0192. The highest BCUT2D eigenvalue weighted by atomic mass is 19.1. The van der Waals surface area contributed by atoms with Gasteiger partial charge in [-0.05, 0) is 43.7 Å². The summed E-state index contributed by atoms with van der Waals surface area (Å²) in [6, 6.07) is 12.4. The number of benzene rings is 2. The van der Waals surface area contributed by atoms with Gasteiger partial charge in [0.1, 0.15) is 5.69 Å². The summed E-state index contributed by atoms with van der Waals surface area (Å²) in [4.78, 5) is 32.0. The van der Waals surface area contributed by atoms with E-state index in [1.165, 1.54) is 18.2 Å². The van der Waals surface area contributed by atoms with Crippen LogP contribution >= 0.6 is 0 Å². The first kappa shape index (κ1) is 28.5. The number of likely N-dealkylation sites (tertiary alicyclic amines) is 1. The third kappa shape index (κ3) is 6.14. The van der Waals surface area contributed by atoms with Crippen LogP contribution in [0.3, 0.4) is 0 Å². The highest BCUT2D eigenvalue weighted by Crippen LogP contribution is 2.32. The Morgan fingerprint density at radius 1 is 1.07 bits per heavy atom. The third-order valence-electron chi connectivity index (χ3n) is 8.09. The van der Waals surface area contributed by atoms with Gasteiger partial charge in [-0.2, -0.15) is 9.97 Å². The zero-order valence-corrected chi connectivity index (χ0v) is 24.1. The van der Waals surface area contributed by atoms with Gasteiger partial charge in [-0.3, -0.25) is 4.79 Å². The van der Waals surface area contributed by atoms with E-state index in [1.54, 1.807) is 16.1 Å². The monoisotopic (exact) mass is 587 g/mol. The van der Waals surface area contributed by atoms with Crippen molar-refractivity contribution in [1.29, 1.82) is 0 Å². The molecule has 2 aromatic heterocycles. The summed E-state index contributed by atoms with van der Waals surface area (Å²) < 4.78 is 32.5. The number of piperidine rings is 1. The highest BCUT2D eigenvalue weighted by molar-refractivity contribution is 5.87. The molecule has 6 rings (SSSR count). The van der Waals surface area contributed by atoms with Gasteiger partial charge < -0.3 is 29.9 Å². The summed E-state index contributed by atoms with van der Waals surface area (Å²) >= 11 is 0. The van der Waals surface area contributed by atoms with Gasteiger partial charge in [0.25, 0.3) is 0 Å². The molecule has 2 aliphatic rings. The molecule has 0 spiro atoms. The van der Waals surface area contributed by atoms with E-state index in [-0.39, 0.29) is 29.3 Å². The predicted molar refractivity (Wildman–Crippen MR) is 163 cm³/mol. The molecule has 2 saturated heterocycles. The molecule has 0 bridgehead atoms. The Morgan fingerprint density at radius 3 is 2.53 bits per heavy atom. The highest BCUT2D eigenvalue weighted by Gasteiger charge is 2.27. The normalized spacial score (nSPS) is 17.7. The summed E-state index contributed by atoms with van der Waals surface area (Å²) in [6.07, 6.45) is 4.72. The number of hydrogen-bond donors (Lipinski definition) is 2. The fraction of sp³-hybridized carbons (Fsp3) is 0.355. The zero-order valence-electron chi connectivity index (χ0n) is 24.1. The number of imidazole rings is 1. The molecule has 0 unspecified atom stereocenters. The van der Waals surface area contributed by atoms with Gasteiger partial charge in [-0.15, -0.1) is 0 Å². The number of hydrogen-bond acceptors (Lipinski definition) is 8. The Labute approximate surface area is 249 Å². The first-order valence-corrected chi connectivity index (χ1v) is 14.5. The van der Waals surface area contributed by atoms with Crippen molar-refractivity contribution in [2.45, 2.75) is 25.4 Å². The van der Waals surface area contributed by atoms with Gasteiger partial charge in [-0.1, -0.05) is 36.9 Å². The van der Waals surface area contributed by atoms with Crippen molar-refractivity contribution in [3.8, 4) is 0 Å². The molecule has 224 valence electrons. The summed E-state index contributed by atoms with van der Waals surface area (Å²) in [5.41, 5.74) is 2.36. The number of halogens is 2. The SMILES string of the molecule is C=CC(=O)N1CCC[C@H](n2cnc3c(NCc4ccccc4)nc(Nc4cc(F)c(N5CCN(C)CC5)c(F)c4)nc32)C1. The minimum Gasteiger partial charge on any atom is -0.364 e.